The summed E-state index contributed by atoms with van der Waals surface area (Å²) in [5.74, 6) is -1.70. The molecule has 0 radical (unpaired) electrons. The first-order chi connectivity index (χ1) is 17.3. The molecule has 7 heteroatoms. The lowest BCUT2D eigenvalue weighted by molar-refractivity contribution is -0.132. The van der Waals surface area contributed by atoms with Crippen LogP contribution in [0.15, 0.2) is 60.2 Å². The number of methoxy groups -OCH3 is 1. The van der Waals surface area contributed by atoms with Gasteiger partial charge in [-0.3, -0.25) is 14.5 Å². The van der Waals surface area contributed by atoms with E-state index in [4.69, 9.17) is 27.9 Å². The van der Waals surface area contributed by atoms with Crippen LogP contribution in [0.1, 0.15) is 54.6 Å². The molecule has 0 aromatic heterocycles. The van der Waals surface area contributed by atoms with Gasteiger partial charge in [-0.25, -0.2) is 0 Å². The van der Waals surface area contributed by atoms with Gasteiger partial charge < -0.3 is 9.84 Å². The Labute approximate surface area is 227 Å². The largest absolute Gasteiger partial charge is 0.507 e. The lowest BCUT2D eigenvalue weighted by atomic mass is 9.85. The first-order valence-corrected chi connectivity index (χ1v) is 12.6. The van der Waals surface area contributed by atoms with Crippen molar-refractivity contribution in [3.05, 3.63) is 98.0 Å². The van der Waals surface area contributed by atoms with Crippen LogP contribution in [-0.4, -0.2) is 23.9 Å². The molecule has 192 valence electrons. The van der Waals surface area contributed by atoms with Gasteiger partial charge in [-0.1, -0.05) is 74.3 Å². The molecule has 1 aliphatic heterocycles. The summed E-state index contributed by atoms with van der Waals surface area (Å²) in [5.41, 5.74) is 3.92. The molecule has 4 rings (SSSR count). The Kier molecular flexibility index (Phi) is 7.15. The second-order valence-electron chi connectivity index (χ2n) is 10.3. The van der Waals surface area contributed by atoms with Crippen LogP contribution in [0.5, 0.6) is 5.75 Å². The van der Waals surface area contributed by atoms with Crippen molar-refractivity contribution in [2.75, 3.05) is 12.0 Å². The molecule has 1 heterocycles. The molecule has 3 aromatic rings. The Morgan fingerprint density at radius 2 is 1.59 bits per heavy atom. The zero-order valence-corrected chi connectivity index (χ0v) is 23.2. The van der Waals surface area contributed by atoms with Gasteiger partial charge in [0.2, 0.25) is 0 Å². The lowest BCUT2D eigenvalue weighted by Crippen LogP contribution is -2.29. The van der Waals surface area contributed by atoms with Crippen LogP contribution in [0.4, 0.5) is 5.69 Å². The van der Waals surface area contributed by atoms with Crippen LogP contribution in [0.3, 0.4) is 0 Å². The maximum Gasteiger partial charge on any atom is 0.300 e. The van der Waals surface area contributed by atoms with E-state index in [0.717, 1.165) is 16.7 Å². The Hall–Kier alpha value is -3.28. The summed E-state index contributed by atoms with van der Waals surface area (Å²) in [4.78, 5) is 28.4. The zero-order chi connectivity index (χ0) is 27.2. The van der Waals surface area contributed by atoms with Crippen molar-refractivity contribution < 1.29 is 19.4 Å². The molecule has 1 atom stereocenters. The summed E-state index contributed by atoms with van der Waals surface area (Å²) in [6, 6.07) is 15.4. The molecule has 5 nitrogen and oxygen atoms in total. The maximum atomic E-state index is 13.5. The molecule has 37 heavy (non-hydrogen) atoms. The minimum atomic E-state index is -0.892. The molecular formula is C30H29Cl2NO4. The molecule has 1 fully saturated rings. The monoisotopic (exact) mass is 537 g/mol. The number of Topliss-reactive ketones (excluding diaryl/α,β-unsaturated/α-hetero) is 1. The number of halogens is 2. The van der Waals surface area contributed by atoms with Gasteiger partial charge in [0.05, 0.1) is 29.3 Å². The minimum absolute atomic E-state index is 0.0508. The van der Waals surface area contributed by atoms with Crippen LogP contribution in [0.2, 0.25) is 10.0 Å². The van der Waals surface area contributed by atoms with E-state index < -0.39 is 17.7 Å². The summed E-state index contributed by atoms with van der Waals surface area (Å²) >= 11 is 12.8. The number of ketones is 1. The van der Waals surface area contributed by atoms with E-state index in [0.29, 0.717) is 16.3 Å². The van der Waals surface area contributed by atoms with Crippen molar-refractivity contribution in [1.82, 2.24) is 0 Å². The summed E-state index contributed by atoms with van der Waals surface area (Å²) in [5, 5.41) is 12.3. The number of anilines is 1. The average molecular weight is 538 g/mol. The third-order valence-electron chi connectivity index (χ3n) is 6.62. The number of benzene rings is 3. The number of amides is 1. The van der Waals surface area contributed by atoms with E-state index in [9.17, 15) is 14.7 Å². The summed E-state index contributed by atoms with van der Waals surface area (Å²) in [6.07, 6.45) is 0. The fourth-order valence-electron chi connectivity index (χ4n) is 4.57. The standard InChI is InChI=1S/C30H29Cl2NO4/c1-16-13-21(28(37-6)23(32)14-16)26(34)24-25(18-8-10-19(11-9-18)30(3,4)5)33(29(36)27(24)35)20-12-7-17(2)22(31)15-20/h7-15,25,34H,1-6H3/b26-24+. The molecule has 0 spiro atoms. The Balaban J connectivity index is 2.00. The number of hydrogen-bond donors (Lipinski definition) is 1. The first-order valence-electron chi connectivity index (χ1n) is 11.9. The smallest absolute Gasteiger partial charge is 0.300 e. The fourth-order valence-corrected chi connectivity index (χ4v) is 5.09. The van der Waals surface area contributed by atoms with E-state index in [-0.39, 0.29) is 33.1 Å². The summed E-state index contributed by atoms with van der Waals surface area (Å²) < 4.78 is 5.46. The van der Waals surface area contributed by atoms with Gasteiger partial charge in [0.1, 0.15) is 11.5 Å². The second kappa shape index (κ2) is 9.88. The highest BCUT2D eigenvalue weighted by molar-refractivity contribution is 6.52. The second-order valence-corrected chi connectivity index (χ2v) is 11.1. The van der Waals surface area contributed by atoms with Gasteiger partial charge in [-0.15, -0.1) is 0 Å². The number of carbonyl (C=O) groups is 2. The SMILES string of the molecule is COc1c(Cl)cc(C)cc1/C(O)=C1\C(=O)C(=O)N(c2ccc(C)c(Cl)c2)C1c1ccc(C(C)(C)C)cc1. The van der Waals surface area contributed by atoms with Crippen molar-refractivity contribution in [3.8, 4) is 5.75 Å². The molecule has 0 saturated carbocycles. The number of aliphatic hydroxyl groups excluding tert-OH is 1. The van der Waals surface area contributed by atoms with Gasteiger partial charge in [0, 0.05) is 10.7 Å². The Morgan fingerprint density at radius 1 is 0.946 bits per heavy atom. The van der Waals surface area contributed by atoms with E-state index in [1.54, 1.807) is 30.3 Å². The van der Waals surface area contributed by atoms with Crippen LogP contribution < -0.4 is 9.64 Å². The van der Waals surface area contributed by atoms with Crippen molar-refractivity contribution in [3.63, 3.8) is 0 Å². The fraction of sp³-hybridized carbons (Fsp3) is 0.267. The predicted octanol–water partition coefficient (Wildman–Crippen LogP) is 7.54. The maximum absolute atomic E-state index is 13.5. The molecule has 1 saturated heterocycles. The van der Waals surface area contributed by atoms with Gasteiger partial charge >= 0.3 is 0 Å². The third kappa shape index (κ3) is 4.86. The average Bonchev–Trinajstić information content (AvgIpc) is 3.10. The summed E-state index contributed by atoms with van der Waals surface area (Å²) in [7, 11) is 1.43. The number of ether oxygens (including phenoxy) is 1. The summed E-state index contributed by atoms with van der Waals surface area (Å²) in [6.45, 7) is 10.00. The Morgan fingerprint density at radius 3 is 2.16 bits per heavy atom. The van der Waals surface area contributed by atoms with Gasteiger partial charge in [0.25, 0.3) is 11.7 Å². The van der Waals surface area contributed by atoms with Crippen molar-refractivity contribution in [2.24, 2.45) is 0 Å². The molecule has 1 aliphatic rings. The van der Waals surface area contributed by atoms with E-state index in [1.165, 1.54) is 12.0 Å². The number of aryl methyl sites for hydroxylation is 2. The normalized spacial score (nSPS) is 17.4. The van der Waals surface area contributed by atoms with E-state index in [2.05, 4.69) is 20.8 Å². The number of rotatable bonds is 4. The quantitative estimate of drug-likeness (QED) is 0.212. The third-order valence-corrected chi connectivity index (χ3v) is 7.31. The first kappa shape index (κ1) is 26.8. The van der Waals surface area contributed by atoms with Gasteiger partial charge in [-0.2, -0.15) is 0 Å². The molecule has 3 aromatic carbocycles. The van der Waals surface area contributed by atoms with Crippen LogP contribution >= 0.6 is 23.2 Å². The highest BCUT2D eigenvalue weighted by Gasteiger charge is 2.47. The number of hydrogen-bond acceptors (Lipinski definition) is 4. The van der Waals surface area contributed by atoms with Crippen LogP contribution in [-0.2, 0) is 15.0 Å². The minimum Gasteiger partial charge on any atom is -0.507 e. The van der Waals surface area contributed by atoms with E-state index in [1.807, 2.05) is 38.1 Å². The topological polar surface area (TPSA) is 66.8 Å². The highest BCUT2D eigenvalue weighted by atomic mass is 35.5. The van der Waals surface area contributed by atoms with Crippen molar-refractivity contribution in [1.29, 1.82) is 0 Å². The molecule has 1 unspecified atom stereocenters. The van der Waals surface area contributed by atoms with Gasteiger partial charge in [0.15, 0.2) is 0 Å². The lowest BCUT2D eigenvalue weighted by Gasteiger charge is -2.27. The number of aliphatic hydroxyl groups is 1. The number of carbonyl (C=O) groups excluding carboxylic acids is 2. The van der Waals surface area contributed by atoms with Crippen molar-refractivity contribution >= 4 is 46.3 Å². The molecule has 0 aliphatic carbocycles. The van der Waals surface area contributed by atoms with Gasteiger partial charge in [-0.05, 0) is 65.8 Å². The highest BCUT2D eigenvalue weighted by Crippen LogP contribution is 2.45. The molecule has 0 bridgehead atoms. The zero-order valence-electron chi connectivity index (χ0n) is 21.6. The molecule has 1 amide bonds. The number of nitrogens with zero attached hydrogens (tertiary/aromatic N) is 1. The predicted molar refractivity (Wildman–Crippen MR) is 149 cm³/mol. The van der Waals surface area contributed by atoms with E-state index >= 15 is 0 Å². The van der Waals surface area contributed by atoms with Crippen molar-refractivity contribution in [2.45, 2.75) is 46.1 Å². The van der Waals surface area contributed by atoms with Crippen LogP contribution in [0.25, 0.3) is 5.76 Å². The van der Waals surface area contributed by atoms with Crippen LogP contribution in [0, 0.1) is 13.8 Å². The molecular weight excluding hydrogens is 509 g/mol. The molecule has 1 N–H and O–H groups in total. The Bertz CT molecular complexity index is 1440.